The molecule has 0 aromatic heterocycles. The van der Waals surface area contributed by atoms with E-state index in [2.05, 4.69) is 11.8 Å². The molecule has 1 saturated heterocycles. The average Bonchev–Trinajstić information content (AvgIpc) is 2.46. The Hall–Kier alpha value is -1.22. The Morgan fingerprint density at radius 3 is 2.74 bits per heavy atom. The Morgan fingerprint density at radius 1 is 1.42 bits per heavy atom. The fourth-order valence-electron chi connectivity index (χ4n) is 2.80. The van der Waals surface area contributed by atoms with Gasteiger partial charge in [0.1, 0.15) is 5.82 Å². The molecule has 3 heteroatoms. The molecule has 2 rings (SSSR count). The number of rotatable bonds is 4. The van der Waals surface area contributed by atoms with E-state index in [1.54, 1.807) is 12.1 Å². The third-order valence-corrected chi connectivity index (χ3v) is 4.18. The lowest BCUT2D eigenvalue weighted by molar-refractivity contribution is 0.0749. The molecule has 19 heavy (non-hydrogen) atoms. The molecule has 0 radical (unpaired) electrons. The summed E-state index contributed by atoms with van der Waals surface area (Å²) in [5, 5.41) is 0. The van der Waals surface area contributed by atoms with E-state index >= 15 is 0 Å². The molecule has 0 saturated carbocycles. The maximum Gasteiger partial charge on any atom is 0.179 e. The molecule has 1 aromatic rings. The van der Waals surface area contributed by atoms with Gasteiger partial charge in [-0.1, -0.05) is 13.3 Å². The molecule has 1 fully saturated rings. The van der Waals surface area contributed by atoms with Crippen molar-refractivity contribution in [1.82, 2.24) is 4.90 Å². The van der Waals surface area contributed by atoms with Gasteiger partial charge in [0.15, 0.2) is 5.78 Å². The van der Waals surface area contributed by atoms with E-state index in [1.807, 2.05) is 6.92 Å². The number of carbonyl (C=O) groups excluding carboxylic acids is 1. The number of Topliss-reactive ketones (excluding diaryl/α,β-unsaturated/α-hetero) is 1. The van der Waals surface area contributed by atoms with Gasteiger partial charge in [-0.25, -0.2) is 4.39 Å². The zero-order valence-corrected chi connectivity index (χ0v) is 11.7. The van der Waals surface area contributed by atoms with Gasteiger partial charge in [0.2, 0.25) is 0 Å². The monoisotopic (exact) mass is 263 g/mol. The quantitative estimate of drug-likeness (QED) is 0.775. The minimum absolute atomic E-state index is 0.0942. The molecule has 0 amide bonds. The van der Waals surface area contributed by atoms with Gasteiger partial charge in [-0.3, -0.25) is 9.69 Å². The highest BCUT2D eigenvalue weighted by atomic mass is 19.1. The molecular formula is C16H22FNO. The predicted octanol–water partition coefficient (Wildman–Crippen LogP) is 3.52. The van der Waals surface area contributed by atoms with E-state index in [0.29, 0.717) is 11.5 Å². The first-order chi connectivity index (χ1) is 9.11. The highest BCUT2D eigenvalue weighted by Gasteiger charge is 2.27. The van der Waals surface area contributed by atoms with Crippen LogP contribution in [0.2, 0.25) is 0 Å². The van der Waals surface area contributed by atoms with Crippen LogP contribution in [-0.4, -0.2) is 29.8 Å². The van der Waals surface area contributed by atoms with Crippen molar-refractivity contribution in [2.45, 2.75) is 39.2 Å². The molecule has 1 aliphatic rings. The number of benzene rings is 1. The van der Waals surface area contributed by atoms with Gasteiger partial charge in [0, 0.05) is 12.1 Å². The van der Waals surface area contributed by atoms with Crippen LogP contribution in [0, 0.1) is 11.7 Å². The van der Waals surface area contributed by atoms with Crippen molar-refractivity contribution in [1.29, 1.82) is 0 Å². The lowest BCUT2D eigenvalue weighted by atomic mass is 9.93. The van der Waals surface area contributed by atoms with Gasteiger partial charge in [-0.15, -0.1) is 0 Å². The van der Waals surface area contributed by atoms with Crippen molar-refractivity contribution in [3.8, 4) is 0 Å². The average molecular weight is 263 g/mol. The highest BCUT2D eigenvalue weighted by molar-refractivity contribution is 5.99. The van der Waals surface area contributed by atoms with Crippen LogP contribution in [0.3, 0.4) is 0 Å². The van der Waals surface area contributed by atoms with E-state index in [1.165, 1.54) is 31.4 Å². The lowest BCUT2D eigenvalue weighted by Crippen LogP contribution is -2.45. The van der Waals surface area contributed by atoms with Gasteiger partial charge < -0.3 is 0 Å². The van der Waals surface area contributed by atoms with Gasteiger partial charge in [0.05, 0.1) is 6.04 Å². The minimum atomic E-state index is -0.298. The standard InChI is InChI=1S/C16H22FNO/c1-3-13-5-4-10-18(11-13)12(2)16(19)14-6-8-15(17)9-7-14/h6-9,12-13H,3-5,10-11H2,1-2H3. The summed E-state index contributed by atoms with van der Waals surface area (Å²) in [6, 6.07) is 5.75. The third kappa shape index (κ3) is 3.41. The summed E-state index contributed by atoms with van der Waals surface area (Å²) in [6.07, 6.45) is 3.61. The van der Waals surface area contributed by atoms with Crippen molar-refractivity contribution >= 4 is 5.78 Å². The van der Waals surface area contributed by atoms with Crippen LogP contribution >= 0.6 is 0 Å². The summed E-state index contributed by atoms with van der Waals surface area (Å²) in [6.45, 7) is 6.17. The predicted molar refractivity (Wildman–Crippen MR) is 74.8 cm³/mol. The largest absolute Gasteiger partial charge is 0.293 e. The van der Waals surface area contributed by atoms with Crippen LogP contribution < -0.4 is 0 Å². The van der Waals surface area contributed by atoms with E-state index in [9.17, 15) is 9.18 Å². The Balaban J connectivity index is 2.04. The number of likely N-dealkylation sites (tertiary alicyclic amines) is 1. The normalized spacial score (nSPS) is 22.2. The first kappa shape index (κ1) is 14.2. The Kier molecular flexibility index (Phi) is 4.70. The molecule has 2 atom stereocenters. The summed E-state index contributed by atoms with van der Waals surface area (Å²) in [5.74, 6) is 0.502. The summed E-state index contributed by atoms with van der Waals surface area (Å²) in [7, 11) is 0. The van der Waals surface area contributed by atoms with Crippen molar-refractivity contribution < 1.29 is 9.18 Å². The SMILES string of the molecule is CCC1CCCN(C(C)C(=O)c2ccc(F)cc2)C1. The Labute approximate surface area is 114 Å². The minimum Gasteiger partial charge on any atom is -0.293 e. The first-order valence-electron chi connectivity index (χ1n) is 7.15. The van der Waals surface area contributed by atoms with Gasteiger partial charge >= 0.3 is 0 Å². The van der Waals surface area contributed by atoms with Crippen LogP contribution in [0.5, 0.6) is 0 Å². The van der Waals surface area contributed by atoms with Crippen molar-refractivity contribution in [2.75, 3.05) is 13.1 Å². The first-order valence-corrected chi connectivity index (χ1v) is 7.15. The van der Waals surface area contributed by atoms with Gasteiger partial charge in [-0.05, 0) is 56.5 Å². The number of ketones is 1. The van der Waals surface area contributed by atoms with Crippen molar-refractivity contribution in [3.63, 3.8) is 0 Å². The van der Waals surface area contributed by atoms with E-state index in [-0.39, 0.29) is 17.6 Å². The van der Waals surface area contributed by atoms with E-state index in [4.69, 9.17) is 0 Å². The van der Waals surface area contributed by atoms with E-state index in [0.717, 1.165) is 13.1 Å². The fourth-order valence-corrected chi connectivity index (χ4v) is 2.80. The summed E-state index contributed by atoms with van der Waals surface area (Å²) in [5.41, 5.74) is 0.604. The highest BCUT2D eigenvalue weighted by Crippen LogP contribution is 2.22. The molecule has 1 aromatic carbocycles. The molecule has 104 valence electrons. The smallest absolute Gasteiger partial charge is 0.179 e. The second-order valence-corrected chi connectivity index (χ2v) is 5.46. The maximum absolute atomic E-state index is 12.9. The van der Waals surface area contributed by atoms with Gasteiger partial charge in [0.25, 0.3) is 0 Å². The molecule has 1 heterocycles. The summed E-state index contributed by atoms with van der Waals surface area (Å²) >= 11 is 0. The molecular weight excluding hydrogens is 241 g/mol. The fraction of sp³-hybridized carbons (Fsp3) is 0.562. The van der Waals surface area contributed by atoms with Crippen molar-refractivity contribution in [3.05, 3.63) is 35.6 Å². The Bertz CT molecular complexity index is 429. The zero-order valence-electron chi connectivity index (χ0n) is 11.7. The van der Waals surface area contributed by atoms with Crippen LogP contribution in [0.1, 0.15) is 43.5 Å². The second-order valence-electron chi connectivity index (χ2n) is 5.46. The zero-order chi connectivity index (χ0) is 13.8. The molecule has 0 spiro atoms. The summed E-state index contributed by atoms with van der Waals surface area (Å²) < 4.78 is 12.9. The third-order valence-electron chi connectivity index (χ3n) is 4.18. The molecule has 0 aliphatic carbocycles. The number of hydrogen-bond acceptors (Lipinski definition) is 2. The van der Waals surface area contributed by atoms with Crippen LogP contribution in [0.4, 0.5) is 4.39 Å². The molecule has 2 unspecified atom stereocenters. The number of piperidine rings is 1. The number of hydrogen-bond donors (Lipinski definition) is 0. The van der Waals surface area contributed by atoms with E-state index < -0.39 is 0 Å². The molecule has 1 aliphatic heterocycles. The molecule has 0 N–H and O–H groups in total. The van der Waals surface area contributed by atoms with Gasteiger partial charge in [-0.2, -0.15) is 0 Å². The second kappa shape index (κ2) is 6.29. The number of carbonyl (C=O) groups is 1. The molecule has 2 nitrogen and oxygen atoms in total. The van der Waals surface area contributed by atoms with Crippen LogP contribution in [0.15, 0.2) is 24.3 Å². The lowest BCUT2D eigenvalue weighted by Gasteiger charge is -2.35. The number of nitrogens with zero attached hydrogens (tertiary/aromatic N) is 1. The van der Waals surface area contributed by atoms with Crippen LogP contribution in [-0.2, 0) is 0 Å². The number of halogens is 1. The van der Waals surface area contributed by atoms with Crippen molar-refractivity contribution in [2.24, 2.45) is 5.92 Å². The maximum atomic E-state index is 12.9. The van der Waals surface area contributed by atoms with Crippen LogP contribution in [0.25, 0.3) is 0 Å². The molecule has 0 bridgehead atoms. The topological polar surface area (TPSA) is 20.3 Å². The Morgan fingerprint density at radius 2 is 2.11 bits per heavy atom. The summed E-state index contributed by atoms with van der Waals surface area (Å²) in [4.78, 5) is 14.7.